The Morgan fingerprint density at radius 1 is 1.25 bits per heavy atom. The molecule has 0 radical (unpaired) electrons. The number of halogens is 3. The van der Waals surface area contributed by atoms with Crippen LogP contribution in [-0.2, 0) is 31.6 Å². The summed E-state index contributed by atoms with van der Waals surface area (Å²) >= 11 is 4.76. The zero-order valence-corrected chi connectivity index (χ0v) is 18.9. The molecule has 6 atom stereocenters. The van der Waals surface area contributed by atoms with E-state index in [1.807, 2.05) is 0 Å². The molecule has 0 bridgehead atoms. The van der Waals surface area contributed by atoms with Crippen molar-refractivity contribution in [1.82, 2.24) is 9.55 Å². The number of aliphatic hydroxyl groups is 1. The Hall–Kier alpha value is -0.780. The number of aliphatic hydroxyl groups excluding tert-OH is 1. The van der Waals surface area contributed by atoms with Gasteiger partial charge < -0.3 is 35.2 Å². The molecule has 0 aromatic carbocycles. The van der Waals surface area contributed by atoms with Gasteiger partial charge in [0.05, 0.1) is 0 Å². The first-order valence-corrected chi connectivity index (χ1v) is 12.7. The van der Waals surface area contributed by atoms with Crippen LogP contribution in [0.25, 0.3) is 0 Å². The van der Waals surface area contributed by atoms with Crippen molar-refractivity contribution in [2.45, 2.75) is 30.8 Å². The normalized spacial score (nSPS) is 32.4. The van der Waals surface area contributed by atoms with Gasteiger partial charge >= 0.3 is 23.5 Å². The monoisotopic (exact) mass is 551 g/mol. The number of hydrogen-bond acceptors (Lipinski definition) is 11. The number of rotatable bonds is 8. The van der Waals surface area contributed by atoms with Crippen LogP contribution in [0.1, 0.15) is 13.2 Å². The average Bonchev–Trinajstić information content (AvgIpc) is 2.74. The smallest absolute Gasteiger partial charge is 0.384 e. The Bertz CT molecular complexity index is 1100. The summed E-state index contributed by atoms with van der Waals surface area (Å²) in [4.78, 5) is 38.7. The molecule has 2 heterocycles. The van der Waals surface area contributed by atoms with E-state index in [2.05, 4.69) is 18.1 Å². The summed E-state index contributed by atoms with van der Waals surface area (Å²) in [7, 11) is -17.4. The summed E-state index contributed by atoms with van der Waals surface area (Å²) in [6, 6.07) is 0. The van der Waals surface area contributed by atoms with Crippen LogP contribution in [0.3, 0.4) is 0 Å². The van der Waals surface area contributed by atoms with E-state index in [4.69, 9.17) is 37.4 Å². The molecule has 184 valence electrons. The Kier molecular flexibility index (Phi) is 7.53. The van der Waals surface area contributed by atoms with Crippen molar-refractivity contribution in [3.63, 3.8) is 0 Å². The van der Waals surface area contributed by atoms with Gasteiger partial charge in [-0.2, -0.15) is 13.6 Å². The Morgan fingerprint density at radius 2 is 1.81 bits per heavy atom. The number of phosphoric ester groups is 1. The second kappa shape index (κ2) is 8.78. The quantitative estimate of drug-likeness (QED) is 0.195. The maximum Gasteiger partial charge on any atom is 0.490 e. The minimum atomic E-state index is -5.92. The number of anilines is 1. The molecule has 2 rings (SSSR count). The average molecular weight is 551 g/mol. The van der Waals surface area contributed by atoms with Gasteiger partial charge in [0.2, 0.25) is 4.77 Å². The van der Waals surface area contributed by atoms with E-state index in [0.717, 1.165) is 0 Å². The molecule has 0 spiro atoms. The van der Waals surface area contributed by atoms with Crippen molar-refractivity contribution < 1.29 is 69.4 Å². The Labute approximate surface area is 181 Å². The van der Waals surface area contributed by atoms with Crippen molar-refractivity contribution in [3.8, 4) is 0 Å². The van der Waals surface area contributed by atoms with Gasteiger partial charge in [-0.25, -0.2) is 26.9 Å². The molecular weight excluding hydrogens is 536 g/mol. The third-order valence-electron chi connectivity index (χ3n) is 3.76. The molecule has 22 heteroatoms. The van der Waals surface area contributed by atoms with Gasteiger partial charge in [-0.1, -0.05) is 0 Å². The molecule has 7 N–H and O–H groups in total. The highest BCUT2D eigenvalue weighted by molar-refractivity contribution is 7.71. The lowest BCUT2D eigenvalue weighted by Gasteiger charge is -2.26. The molecule has 0 aliphatic carbocycles. The van der Waals surface area contributed by atoms with Gasteiger partial charge in [0, 0.05) is 6.20 Å². The predicted molar refractivity (Wildman–Crippen MR) is 96.7 cm³/mol. The fourth-order valence-corrected chi connectivity index (χ4v) is 5.74. The summed E-state index contributed by atoms with van der Waals surface area (Å²) in [5, 5.41) is 10.0. The van der Waals surface area contributed by atoms with Crippen molar-refractivity contribution in [2.75, 3.05) is 12.3 Å². The van der Waals surface area contributed by atoms with Crippen LogP contribution in [0.2, 0.25) is 0 Å². The lowest BCUT2D eigenvalue weighted by molar-refractivity contribution is -0.204. The number of alkyl halides is 2. The minimum Gasteiger partial charge on any atom is -0.384 e. The zero-order chi connectivity index (χ0) is 24.9. The topological polar surface area (TPSA) is 233 Å². The zero-order valence-electron chi connectivity index (χ0n) is 15.4. The number of nitrogen functional groups attached to an aromatic ring is 1. The standard InChI is InChI=1S/C10H15F3N3O12P3S/c1-9(12)6(17)10(13,26-7(9)16-2-4(11)5(14)15-8(16)32)3-25-30(21,22)28-31(23,24)27-29(18,19)20/h2,6-7,17H,3H2,1H3,(H,21,22)(H,23,24)(H2,14,15,32)(H2,18,19,20)/t6-,7-,9?,10-/m1/s1. The van der Waals surface area contributed by atoms with E-state index in [1.54, 1.807) is 0 Å². The van der Waals surface area contributed by atoms with Crippen LogP contribution >= 0.6 is 35.7 Å². The number of hydrogen-bond donors (Lipinski definition) is 6. The van der Waals surface area contributed by atoms with Crippen LogP contribution in [0.15, 0.2) is 6.20 Å². The molecular formula is C10H15F3N3O12P3S. The number of nitrogens with zero attached hydrogens (tertiary/aromatic N) is 2. The lowest BCUT2D eigenvalue weighted by Crippen LogP contribution is -2.46. The molecule has 1 fully saturated rings. The molecule has 1 aliphatic rings. The summed E-state index contributed by atoms with van der Waals surface area (Å²) in [5.41, 5.74) is 2.11. The number of aromatic nitrogens is 2. The SMILES string of the molecule is CC1(F)[C@@H](O)[C@@](F)(COP(=O)(O)OP(=O)(O)OP(=O)(O)O)O[C@H]1n1cc(F)c(N)nc1=S. The Morgan fingerprint density at radius 3 is 2.34 bits per heavy atom. The van der Waals surface area contributed by atoms with E-state index in [-0.39, 0.29) is 0 Å². The predicted octanol–water partition coefficient (Wildman–Crippen LogP) is 0.961. The number of nitrogens with two attached hydrogens (primary N) is 1. The van der Waals surface area contributed by atoms with Crippen LogP contribution in [0.5, 0.6) is 0 Å². The highest BCUT2D eigenvalue weighted by Gasteiger charge is 2.65. The van der Waals surface area contributed by atoms with E-state index in [0.29, 0.717) is 17.7 Å². The lowest BCUT2D eigenvalue weighted by atomic mass is 9.97. The molecule has 1 aromatic heterocycles. The van der Waals surface area contributed by atoms with Crippen molar-refractivity contribution >= 4 is 41.5 Å². The maximum absolute atomic E-state index is 15.1. The molecule has 32 heavy (non-hydrogen) atoms. The second-order valence-corrected chi connectivity index (χ2v) is 11.1. The summed E-state index contributed by atoms with van der Waals surface area (Å²) in [5.74, 6) is -5.55. The Balaban J connectivity index is 2.25. The largest absolute Gasteiger partial charge is 0.490 e. The van der Waals surface area contributed by atoms with Crippen molar-refractivity contribution in [3.05, 3.63) is 16.8 Å². The van der Waals surface area contributed by atoms with Crippen molar-refractivity contribution in [1.29, 1.82) is 0 Å². The van der Waals surface area contributed by atoms with Crippen LogP contribution < -0.4 is 5.73 Å². The fourth-order valence-electron chi connectivity index (χ4n) is 2.46. The van der Waals surface area contributed by atoms with Gasteiger partial charge in [-0.3, -0.25) is 9.09 Å². The molecule has 1 aromatic rings. The van der Waals surface area contributed by atoms with Crippen molar-refractivity contribution in [2.24, 2.45) is 0 Å². The molecule has 0 amide bonds. The van der Waals surface area contributed by atoms with Gasteiger partial charge in [0.15, 0.2) is 29.6 Å². The van der Waals surface area contributed by atoms with Crippen LogP contribution in [0, 0.1) is 10.6 Å². The van der Waals surface area contributed by atoms with E-state index >= 15 is 8.78 Å². The van der Waals surface area contributed by atoms with Gasteiger partial charge in [-0.05, 0) is 19.1 Å². The van der Waals surface area contributed by atoms with E-state index in [9.17, 15) is 28.1 Å². The highest BCUT2D eigenvalue weighted by Crippen LogP contribution is 2.66. The third kappa shape index (κ3) is 6.21. The molecule has 3 unspecified atom stereocenters. The number of phosphoric acid groups is 3. The molecule has 15 nitrogen and oxygen atoms in total. The second-order valence-electron chi connectivity index (χ2n) is 6.34. The summed E-state index contributed by atoms with van der Waals surface area (Å²) in [6.45, 7) is -1.24. The molecule has 1 saturated heterocycles. The van der Waals surface area contributed by atoms with E-state index in [1.165, 1.54) is 0 Å². The molecule has 0 saturated carbocycles. The van der Waals surface area contributed by atoms with Gasteiger partial charge in [0.1, 0.15) is 6.61 Å². The van der Waals surface area contributed by atoms with Gasteiger partial charge in [0.25, 0.3) is 5.85 Å². The van der Waals surface area contributed by atoms with Crippen LogP contribution in [0.4, 0.5) is 19.0 Å². The fraction of sp³-hybridized carbons (Fsp3) is 0.600. The minimum absolute atomic E-state index is 0.455. The van der Waals surface area contributed by atoms with Crippen LogP contribution in [-0.4, -0.2) is 58.5 Å². The summed E-state index contributed by atoms with van der Waals surface area (Å²) < 4.78 is 92.9. The number of ether oxygens (including phenoxy) is 1. The highest BCUT2D eigenvalue weighted by atomic mass is 32.1. The maximum atomic E-state index is 15.1. The third-order valence-corrected chi connectivity index (χ3v) is 7.85. The molecule has 1 aliphatic heterocycles. The van der Waals surface area contributed by atoms with E-state index < -0.39 is 70.3 Å². The first kappa shape index (κ1) is 27.5. The first-order chi connectivity index (χ1) is 14.2. The first-order valence-electron chi connectivity index (χ1n) is 7.75. The van der Waals surface area contributed by atoms with Gasteiger partial charge in [-0.15, -0.1) is 0 Å². The summed E-state index contributed by atoms with van der Waals surface area (Å²) in [6.07, 6.45) is -4.49.